The third-order valence-corrected chi connectivity index (χ3v) is 1.75. The first kappa shape index (κ1) is 10.2. The summed E-state index contributed by atoms with van der Waals surface area (Å²) in [6, 6.07) is 0. The van der Waals surface area contributed by atoms with Gasteiger partial charge in [-0.1, -0.05) is 0 Å². The van der Waals surface area contributed by atoms with Crippen LogP contribution in [0.4, 0.5) is 0 Å². The van der Waals surface area contributed by atoms with Gasteiger partial charge in [0.2, 0.25) is 5.91 Å². The number of hydrogen-bond acceptors (Lipinski definition) is 3. The smallest absolute Gasteiger partial charge is 0.241 e. The zero-order valence-corrected chi connectivity index (χ0v) is 8.49. The standard InChI is InChI=1S/C7H10BrN3O2/c8-6-3-10-11(4-6)5-7(13)9-1-2-12/h3-4,12H,1-2,5H2,(H,9,13). The first-order chi connectivity index (χ1) is 6.22. The Hall–Kier alpha value is -0.880. The summed E-state index contributed by atoms with van der Waals surface area (Å²) in [7, 11) is 0. The average molecular weight is 248 g/mol. The van der Waals surface area contributed by atoms with Crippen molar-refractivity contribution in [3.63, 3.8) is 0 Å². The number of rotatable bonds is 4. The molecule has 0 aliphatic heterocycles. The lowest BCUT2D eigenvalue weighted by Crippen LogP contribution is -2.30. The molecule has 0 aliphatic rings. The van der Waals surface area contributed by atoms with Crippen molar-refractivity contribution in [2.45, 2.75) is 6.54 Å². The maximum atomic E-state index is 11.1. The van der Waals surface area contributed by atoms with E-state index in [1.807, 2.05) is 0 Å². The third-order valence-electron chi connectivity index (χ3n) is 1.34. The van der Waals surface area contributed by atoms with Gasteiger partial charge in [0.15, 0.2) is 0 Å². The summed E-state index contributed by atoms with van der Waals surface area (Å²) in [4.78, 5) is 11.1. The molecule has 1 amide bonds. The van der Waals surface area contributed by atoms with E-state index in [1.54, 1.807) is 12.4 Å². The average Bonchev–Trinajstić information content (AvgIpc) is 2.48. The van der Waals surface area contributed by atoms with Crippen LogP contribution < -0.4 is 5.32 Å². The van der Waals surface area contributed by atoms with E-state index in [-0.39, 0.29) is 25.6 Å². The van der Waals surface area contributed by atoms with Gasteiger partial charge in [-0.15, -0.1) is 0 Å². The van der Waals surface area contributed by atoms with E-state index in [1.165, 1.54) is 4.68 Å². The number of nitrogens with zero attached hydrogens (tertiary/aromatic N) is 2. The molecule has 0 fully saturated rings. The molecule has 6 heteroatoms. The van der Waals surface area contributed by atoms with Gasteiger partial charge >= 0.3 is 0 Å². The molecule has 1 rings (SSSR count). The van der Waals surface area contributed by atoms with Crippen molar-refractivity contribution in [2.75, 3.05) is 13.2 Å². The number of amides is 1. The Morgan fingerprint density at radius 2 is 2.54 bits per heavy atom. The molecule has 1 aromatic heterocycles. The molecule has 72 valence electrons. The van der Waals surface area contributed by atoms with Crippen LogP contribution in [-0.2, 0) is 11.3 Å². The summed E-state index contributed by atoms with van der Waals surface area (Å²) < 4.78 is 2.35. The van der Waals surface area contributed by atoms with E-state index < -0.39 is 0 Å². The van der Waals surface area contributed by atoms with Gasteiger partial charge in [-0.2, -0.15) is 5.10 Å². The molecule has 0 bridgehead atoms. The molecular formula is C7H10BrN3O2. The summed E-state index contributed by atoms with van der Waals surface area (Å²) in [5, 5.41) is 14.9. The SMILES string of the molecule is O=C(Cn1cc(Br)cn1)NCCO. The third kappa shape index (κ3) is 3.56. The van der Waals surface area contributed by atoms with Gasteiger partial charge in [-0.3, -0.25) is 9.48 Å². The number of hydrogen-bond donors (Lipinski definition) is 2. The number of aliphatic hydroxyl groups excluding tert-OH is 1. The number of aliphatic hydroxyl groups is 1. The molecule has 1 aromatic rings. The predicted molar refractivity (Wildman–Crippen MR) is 50.0 cm³/mol. The lowest BCUT2D eigenvalue weighted by atomic mass is 10.5. The van der Waals surface area contributed by atoms with Crippen LogP contribution in [0.1, 0.15) is 0 Å². The van der Waals surface area contributed by atoms with E-state index >= 15 is 0 Å². The molecule has 5 nitrogen and oxygen atoms in total. The largest absolute Gasteiger partial charge is 0.395 e. The highest BCUT2D eigenvalue weighted by Gasteiger charge is 2.02. The highest BCUT2D eigenvalue weighted by molar-refractivity contribution is 9.10. The molecule has 13 heavy (non-hydrogen) atoms. The molecular weight excluding hydrogens is 238 g/mol. The second-order valence-electron chi connectivity index (χ2n) is 2.43. The van der Waals surface area contributed by atoms with Crippen molar-refractivity contribution in [3.8, 4) is 0 Å². The van der Waals surface area contributed by atoms with Crippen molar-refractivity contribution in [1.29, 1.82) is 0 Å². The minimum atomic E-state index is -0.162. The van der Waals surface area contributed by atoms with Crippen LogP contribution in [0.15, 0.2) is 16.9 Å². The Morgan fingerprint density at radius 3 is 3.08 bits per heavy atom. The van der Waals surface area contributed by atoms with Crippen molar-refractivity contribution >= 4 is 21.8 Å². The quantitative estimate of drug-likeness (QED) is 0.772. The summed E-state index contributed by atoms with van der Waals surface area (Å²) in [5.74, 6) is -0.162. The fourth-order valence-corrected chi connectivity index (χ4v) is 1.15. The Kier molecular flexibility index (Phi) is 3.91. The molecule has 0 spiro atoms. The van der Waals surface area contributed by atoms with Gasteiger partial charge in [-0.05, 0) is 15.9 Å². The van der Waals surface area contributed by atoms with Crippen LogP contribution in [0.5, 0.6) is 0 Å². The minimum Gasteiger partial charge on any atom is -0.395 e. The van der Waals surface area contributed by atoms with Gasteiger partial charge in [0, 0.05) is 12.7 Å². The zero-order valence-electron chi connectivity index (χ0n) is 6.90. The number of halogens is 1. The summed E-state index contributed by atoms with van der Waals surface area (Å²) in [5.41, 5.74) is 0. The fraction of sp³-hybridized carbons (Fsp3) is 0.429. The number of aromatic nitrogens is 2. The van der Waals surface area contributed by atoms with Crippen LogP contribution >= 0.6 is 15.9 Å². The van der Waals surface area contributed by atoms with E-state index in [4.69, 9.17) is 5.11 Å². The van der Waals surface area contributed by atoms with Crippen molar-refractivity contribution in [2.24, 2.45) is 0 Å². The highest BCUT2D eigenvalue weighted by Crippen LogP contribution is 2.05. The summed E-state index contributed by atoms with van der Waals surface area (Å²) in [6.07, 6.45) is 3.32. The van der Waals surface area contributed by atoms with Gasteiger partial charge in [0.1, 0.15) is 6.54 Å². The molecule has 0 aromatic carbocycles. The molecule has 0 radical (unpaired) electrons. The zero-order chi connectivity index (χ0) is 9.68. The van der Waals surface area contributed by atoms with Gasteiger partial charge in [-0.25, -0.2) is 0 Å². The molecule has 1 heterocycles. The predicted octanol–water partition coefficient (Wildman–Crippen LogP) is -0.246. The van der Waals surface area contributed by atoms with Crippen molar-refractivity contribution in [1.82, 2.24) is 15.1 Å². The summed E-state index contributed by atoms with van der Waals surface area (Å²) >= 11 is 3.22. The molecule has 0 unspecified atom stereocenters. The fourth-order valence-electron chi connectivity index (χ4n) is 0.823. The van der Waals surface area contributed by atoms with Crippen LogP contribution in [0.3, 0.4) is 0 Å². The number of carbonyl (C=O) groups is 1. The van der Waals surface area contributed by atoms with E-state index in [0.717, 1.165) is 4.47 Å². The second kappa shape index (κ2) is 4.98. The number of carbonyl (C=O) groups excluding carboxylic acids is 1. The minimum absolute atomic E-state index is 0.0471. The lowest BCUT2D eigenvalue weighted by molar-refractivity contribution is -0.122. The first-order valence-corrected chi connectivity index (χ1v) is 4.57. The molecule has 0 saturated carbocycles. The molecule has 0 atom stereocenters. The van der Waals surface area contributed by atoms with E-state index in [2.05, 4.69) is 26.3 Å². The molecule has 2 N–H and O–H groups in total. The maximum absolute atomic E-state index is 11.1. The number of nitrogens with one attached hydrogen (secondary N) is 1. The Balaban J connectivity index is 2.36. The van der Waals surface area contributed by atoms with Crippen molar-refractivity contribution in [3.05, 3.63) is 16.9 Å². The Bertz CT molecular complexity index is 287. The van der Waals surface area contributed by atoms with Crippen molar-refractivity contribution < 1.29 is 9.90 Å². The maximum Gasteiger partial charge on any atom is 0.241 e. The normalized spacial score (nSPS) is 10.0. The van der Waals surface area contributed by atoms with E-state index in [0.29, 0.717) is 0 Å². The Labute approximate surface area is 83.9 Å². The van der Waals surface area contributed by atoms with Crippen LogP contribution in [-0.4, -0.2) is 33.9 Å². The van der Waals surface area contributed by atoms with Gasteiger partial charge < -0.3 is 10.4 Å². The van der Waals surface area contributed by atoms with Gasteiger partial charge in [0.25, 0.3) is 0 Å². The van der Waals surface area contributed by atoms with Gasteiger partial charge in [0.05, 0.1) is 17.3 Å². The highest BCUT2D eigenvalue weighted by atomic mass is 79.9. The second-order valence-corrected chi connectivity index (χ2v) is 3.35. The topological polar surface area (TPSA) is 67.2 Å². The van der Waals surface area contributed by atoms with E-state index in [9.17, 15) is 4.79 Å². The van der Waals surface area contributed by atoms with Crippen LogP contribution in [0.2, 0.25) is 0 Å². The Morgan fingerprint density at radius 1 is 1.77 bits per heavy atom. The molecule has 0 aliphatic carbocycles. The monoisotopic (exact) mass is 247 g/mol. The molecule has 0 saturated heterocycles. The summed E-state index contributed by atoms with van der Waals surface area (Å²) in [6.45, 7) is 0.404. The first-order valence-electron chi connectivity index (χ1n) is 3.78. The lowest BCUT2D eigenvalue weighted by Gasteiger charge is -2.02. The van der Waals surface area contributed by atoms with Crippen LogP contribution in [0.25, 0.3) is 0 Å². The van der Waals surface area contributed by atoms with Crippen LogP contribution in [0, 0.1) is 0 Å².